The van der Waals surface area contributed by atoms with Gasteiger partial charge in [0.05, 0.1) is 11.6 Å². The van der Waals surface area contributed by atoms with E-state index in [9.17, 15) is 9.50 Å². The third-order valence-electron chi connectivity index (χ3n) is 3.34. The van der Waals surface area contributed by atoms with E-state index in [0.717, 1.165) is 22.0 Å². The van der Waals surface area contributed by atoms with Gasteiger partial charge in [-0.2, -0.15) is 0 Å². The van der Waals surface area contributed by atoms with Crippen molar-refractivity contribution in [3.63, 3.8) is 0 Å². The molecule has 0 spiro atoms. The number of halogens is 1. The lowest BCUT2D eigenvalue weighted by Gasteiger charge is -2.13. The fourth-order valence-corrected chi connectivity index (χ4v) is 2.39. The third-order valence-corrected chi connectivity index (χ3v) is 3.34. The minimum atomic E-state index is -0.699. The molecule has 20 heavy (non-hydrogen) atoms. The summed E-state index contributed by atoms with van der Waals surface area (Å²) in [5.41, 5.74) is 2.33. The molecule has 0 amide bonds. The molecule has 0 saturated carbocycles. The van der Waals surface area contributed by atoms with E-state index in [1.807, 2.05) is 36.4 Å². The summed E-state index contributed by atoms with van der Waals surface area (Å²) in [6, 6.07) is 15.8. The van der Waals surface area contributed by atoms with Crippen LogP contribution in [0.25, 0.3) is 10.9 Å². The molecule has 3 heteroatoms. The lowest BCUT2D eigenvalue weighted by molar-refractivity contribution is 0.179. The van der Waals surface area contributed by atoms with Crippen LogP contribution < -0.4 is 0 Å². The number of pyridine rings is 1. The fourth-order valence-electron chi connectivity index (χ4n) is 2.39. The van der Waals surface area contributed by atoms with Crippen LogP contribution in [-0.4, -0.2) is 10.1 Å². The Labute approximate surface area is 116 Å². The van der Waals surface area contributed by atoms with Gasteiger partial charge in [0.2, 0.25) is 0 Å². The SMILES string of the molecule is OC(Cc1cccc(F)c1)c1cccc2cccnc12. The van der Waals surface area contributed by atoms with E-state index in [-0.39, 0.29) is 5.82 Å². The Balaban J connectivity index is 1.94. The van der Waals surface area contributed by atoms with E-state index in [1.54, 1.807) is 12.3 Å². The van der Waals surface area contributed by atoms with Gasteiger partial charge in [-0.3, -0.25) is 4.98 Å². The molecule has 1 N–H and O–H groups in total. The molecular formula is C17H14FNO. The zero-order chi connectivity index (χ0) is 13.9. The number of benzene rings is 2. The van der Waals surface area contributed by atoms with Gasteiger partial charge < -0.3 is 5.11 Å². The molecule has 2 aromatic carbocycles. The second kappa shape index (κ2) is 5.39. The monoisotopic (exact) mass is 267 g/mol. The van der Waals surface area contributed by atoms with Crippen molar-refractivity contribution in [2.75, 3.05) is 0 Å². The summed E-state index contributed by atoms with van der Waals surface area (Å²) in [6.07, 6.45) is 1.38. The first-order valence-corrected chi connectivity index (χ1v) is 6.50. The van der Waals surface area contributed by atoms with Crippen molar-refractivity contribution in [2.45, 2.75) is 12.5 Å². The zero-order valence-electron chi connectivity index (χ0n) is 10.8. The molecule has 0 bridgehead atoms. The average Bonchev–Trinajstić information content (AvgIpc) is 2.46. The van der Waals surface area contributed by atoms with Crippen LogP contribution in [0, 0.1) is 5.82 Å². The second-order valence-electron chi connectivity index (χ2n) is 4.77. The molecule has 1 heterocycles. The summed E-state index contributed by atoms with van der Waals surface area (Å²) >= 11 is 0. The van der Waals surface area contributed by atoms with E-state index >= 15 is 0 Å². The molecule has 100 valence electrons. The Morgan fingerprint density at radius 1 is 1.05 bits per heavy atom. The van der Waals surface area contributed by atoms with Crippen LogP contribution in [0.1, 0.15) is 17.2 Å². The maximum absolute atomic E-state index is 13.2. The summed E-state index contributed by atoms with van der Waals surface area (Å²) in [5.74, 6) is -0.286. The molecule has 1 atom stereocenters. The van der Waals surface area contributed by atoms with Gasteiger partial charge in [0.1, 0.15) is 5.82 Å². The molecule has 3 aromatic rings. The van der Waals surface area contributed by atoms with Crippen LogP contribution in [0.3, 0.4) is 0 Å². The number of aromatic nitrogens is 1. The normalized spacial score (nSPS) is 12.5. The molecule has 0 fully saturated rings. The lowest BCUT2D eigenvalue weighted by Crippen LogP contribution is -2.03. The van der Waals surface area contributed by atoms with Gasteiger partial charge in [-0.25, -0.2) is 4.39 Å². The van der Waals surface area contributed by atoms with Gasteiger partial charge in [-0.05, 0) is 23.8 Å². The van der Waals surface area contributed by atoms with E-state index in [2.05, 4.69) is 4.98 Å². The Hall–Kier alpha value is -2.26. The summed E-state index contributed by atoms with van der Waals surface area (Å²) in [7, 11) is 0. The average molecular weight is 267 g/mol. The highest BCUT2D eigenvalue weighted by Gasteiger charge is 2.13. The fraction of sp³-hybridized carbons (Fsp3) is 0.118. The maximum Gasteiger partial charge on any atom is 0.123 e. The van der Waals surface area contributed by atoms with Crippen molar-refractivity contribution >= 4 is 10.9 Å². The number of aliphatic hydroxyl groups excluding tert-OH is 1. The van der Waals surface area contributed by atoms with Crippen LogP contribution in [0.15, 0.2) is 60.8 Å². The van der Waals surface area contributed by atoms with Crippen molar-refractivity contribution in [1.29, 1.82) is 0 Å². The van der Waals surface area contributed by atoms with E-state index in [4.69, 9.17) is 0 Å². The molecular weight excluding hydrogens is 253 g/mol. The topological polar surface area (TPSA) is 33.1 Å². The highest BCUT2D eigenvalue weighted by Crippen LogP contribution is 2.25. The third kappa shape index (κ3) is 2.53. The van der Waals surface area contributed by atoms with Crippen LogP contribution in [0.2, 0.25) is 0 Å². The number of hydrogen-bond acceptors (Lipinski definition) is 2. The first-order chi connectivity index (χ1) is 9.74. The van der Waals surface area contributed by atoms with Gasteiger partial charge in [0.25, 0.3) is 0 Å². The van der Waals surface area contributed by atoms with Crippen molar-refractivity contribution in [3.8, 4) is 0 Å². The molecule has 0 aliphatic rings. The first kappa shape index (κ1) is 12.8. The molecule has 2 nitrogen and oxygen atoms in total. The summed E-state index contributed by atoms with van der Waals surface area (Å²) in [4.78, 5) is 4.33. The smallest absolute Gasteiger partial charge is 0.123 e. The number of fused-ring (bicyclic) bond motifs is 1. The number of hydrogen-bond donors (Lipinski definition) is 1. The molecule has 0 aliphatic heterocycles. The maximum atomic E-state index is 13.2. The number of nitrogens with zero attached hydrogens (tertiary/aromatic N) is 1. The predicted molar refractivity (Wildman–Crippen MR) is 76.8 cm³/mol. The minimum Gasteiger partial charge on any atom is -0.388 e. The van der Waals surface area contributed by atoms with E-state index in [0.29, 0.717) is 6.42 Å². The standard InChI is InChI=1S/C17H14FNO/c18-14-7-1-4-12(10-14)11-16(20)15-8-2-5-13-6-3-9-19-17(13)15/h1-10,16,20H,11H2. The van der Waals surface area contributed by atoms with E-state index < -0.39 is 6.10 Å². The van der Waals surface area contributed by atoms with Crippen molar-refractivity contribution < 1.29 is 9.50 Å². The Morgan fingerprint density at radius 2 is 1.85 bits per heavy atom. The van der Waals surface area contributed by atoms with Gasteiger partial charge in [-0.15, -0.1) is 0 Å². The minimum absolute atomic E-state index is 0.286. The van der Waals surface area contributed by atoms with Crippen molar-refractivity contribution in [1.82, 2.24) is 4.98 Å². The largest absolute Gasteiger partial charge is 0.388 e. The highest BCUT2D eigenvalue weighted by molar-refractivity contribution is 5.81. The van der Waals surface area contributed by atoms with Gasteiger partial charge in [0, 0.05) is 23.6 Å². The quantitative estimate of drug-likeness (QED) is 0.785. The number of aliphatic hydroxyl groups is 1. The van der Waals surface area contributed by atoms with Crippen LogP contribution in [0.4, 0.5) is 4.39 Å². The zero-order valence-corrected chi connectivity index (χ0v) is 10.8. The van der Waals surface area contributed by atoms with Crippen molar-refractivity contribution in [3.05, 3.63) is 77.7 Å². The van der Waals surface area contributed by atoms with Gasteiger partial charge in [0.15, 0.2) is 0 Å². The Kier molecular flexibility index (Phi) is 3.44. The first-order valence-electron chi connectivity index (χ1n) is 6.50. The number of rotatable bonds is 3. The Morgan fingerprint density at radius 3 is 2.70 bits per heavy atom. The number of para-hydroxylation sites is 1. The van der Waals surface area contributed by atoms with Crippen LogP contribution in [-0.2, 0) is 6.42 Å². The molecule has 0 aliphatic carbocycles. The molecule has 0 radical (unpaired) electrons. The highest BCUT2D eigenvalue weighted by atomic mass is 19.1. The summed E-state index contributed by atoms with van der Waals surface area (Å²) in [5, 5.41) is 11.4. The molecule has 3 rings (SSSR count). The van der Waals surface area contributed by atoms with Gasteiger partial charge >= 0.3 is 0 Å². The molecule has 1 unspecified atom stereocenters. The Bertz CT molecular complexity index is 736. The van der Waals surface area contributed by atoms with E-state index in [1.165, 1.54) is 12.1 Å². The summed E-state index contributed by atoms with van der Waals surface area (Å²) < 4.78 is 13.2. The van der Waals surface area contributed by atoms with Crippen molar-refractivity contribution in [2.24, 2.45) is 0 Å². The predicted octanol–water partition coefficient (Wildman–Crippen LogP) is 3.65. The van der Waals surface area contributed by atoms with Crippen LogP contribution >= 0.6 is 0 Å². The van der Waals surface area contributed by atoms with Gasteiger partial charge in [-0.1, -0.05) is 36.4 Å². The van der Waals surface area contributed by atoms with Crippen LogP contribution in [0.5, 0.6) is 0 Å². The lowest BCUT2D eigenvalue weighted by atomic mass is 9.99. The second-order valence-corrected chi connectivity index (χ2v) is 4.77. The summed E-state index contributed by atoms with van der Waals surface area (Å²) in [6.45, 7) is 0. The molecule has 1 aromatic heterocycles. The molecule has 0 saturated heterocycles.